The Morgan fingerprint density at radius 3 is 2.50 bits per heavy atom. The number of alkyl halides is 3. The van der Waals surface area contributed by atoms with Gasteiger partial charge in [0.25, 0.3) is 0 Å². The number of hydrogen-bond donors (Lipinski definition) is 1. The van der Waals surface area contributed by atoms with E-state index in [1.54, 1.807) is 0 Å². The second kappa shape index (κ2) is 7.08. The monoisotopic (exact) mass is 426 g/mol. The van der Waals surface area contributed by atoms with Crippen LogP contribution < -0.4 is 0 Å². The summed E-state index contributed by atoms with van der Waals surface area (Å²) in [6, 6.07) is 0. The highest BCUT2D eigenvalue weighted by atomic mass is 19.4. The van der Waals surface area contributed by atoms with Gasteiger partial charge >= 0.3 is 6.18 Å². The number of rotatable bonds is 3. The fourth-order valence-electron chi connectivity index (χ4n) is 8.33. The van der Waals surface area contributed by atoms with Gasteiger partial charge < -0.3 is 5.11 Å². The zero-order valence-corrected chi connectivity index (χ0v) is 18.8. The highest BCUT2D eigenvalue weighted by Crippen LogP contribution is 2.67. The highest BCUT2D eigenvalue weighted by Gasteiger charge is 2.60. The molecule has 4 rings (SSSR count). The Hall–Kier alpha value is -0.840. The van der Waals surface area contributed by atoms with Crippen molar-refractivity contribution in [3.63, 3.8) is 0 Å². The first-order chi connectivity index (χ1) is 13.8. The van der Waals surface area contributed by atoms with E-state index in [9.17, 15) is 23.1 Å². The summed E-state index contributed by atoms with van der Waals surface area (Å²) in [5.41, 5.74) is 1.03. The zero-order chi connectivity index (χ0) is 22.1. The highest BCUT2D eigenvalue weighted by molar-refractivity contribution is 5.84. The number of Topliss-reactive ketones (excluding diaryl/α,β-unsaturated/α-hetero) is 1. The smallest absolute Gasteiger partial charge is 0.390 e. The van der Waals surface area contributed by atoms with E-state index in [2.05, 4.69) is 19.9 Å². The van der Waals surface area contributed by atoms with E-state index in [0.717, 1.165) is 51.4 Å². The van der Waals surface area contributed by atoms with Crippen molar-refractivity contribution in [3.8, 4) is 0 Å². The first kappa shape index (κ1) is 22.4. The predicted molar refractivity (Wildman–Crippen MR) is 111 cm³/mol. The second-order valence-corrected chi connectivity index (χ2v) is 11.8. The Balaban J connectivity index is 1.54. The minimum Gasteiger partial charge on any atom is -0.390 e. The van der Waals surface area contributed by atoms with E-state index in [1.165, 1.54) is 5.57 Å². The van der Waals surface area contributed by atoms with E-state index in [0.29, 0.717) is 17.8 Å². The first-order valence-corrected chi connectivity index (χ1v) is 11.8. The van der Waals surface area contributed by atoms with E-state index in [1.807, 2.05) is 13.8 Å². The summed E-state index contributed by atoms with van der Waals surface area (Å²) < 4.78 is 38.5. The first-order valence-electron chi connectivity index (χ1n) is 11.8. The number of hydrogen-bond acceptors (Lipinski definition) is 2. The molecule has 0 spiro atoms. The van der Waals surface area contributed by atoms with Crippen molar-refractivity contribution in [1.29, 1.82) is 0 Å². The van der Waals surface area contributed by atoms with Crippen LogP contribution in [0.15, 0.2) is 11.6 Å². The van der Waals surface area contributed by atoms with Gasteiger partial charge in [-0.25, -0.2) is 0 Å². The lowest BCUT2D eigenvalue weighted by molar-refractivity contribution is -0.172. The number of ketones is 1. The number of carbonyl (C=O) groups is 1. The fraction of sp³-hybridized carbons (Fsp3) is 0.880. The third kappa shape index (κ3) is 3.47. The summed E-state index contributed by atoms with van der Waals surface area (Å²) in [6.45, 7) is 8.50. The quantitative estimate of drug-likeness (QED) is 0.525. The average molecular weight is 427 g/mol. The van der Waals surface area contributed by atoms with Crippen LogP contribution in [0.1, 0.15) is 85.5 Å². The van der Waals surface area contributed by atoms with Gasteiger partial charge in [0.2, 0.25) is 5.78 Å². The van der Waals surface area contributed by atoms with Crippen molar-refractivity contribution in [1.82, 2.24) is 0 Å². The molecule has 8 atom stereocenters. The molecule has 30 heavy (non-hydrogen) atoms. The van der Waals surface area contributed by atoms with Crippen molar-refractivity contribution in [3.05, 3.63) is 11.6 Å². The molecule has 170 valence electrons. The molecule has 0 saturated heterocycles. The van der Waals surface area contributed by atoms with Gasteiger partial charge in [-0.15, -0.1) is 0 Å². The Morgan fingerprint density at radius 2 is 1.83 bits per heavy atom. The molecule has 0 heterocycles. The summed E-state index contributed by atoms with van der Waals surface area (Å²) in [7, 11) is 0. The topological polar surface area (TPSA) is 37.3 Å². The van der Waals surface area contributed by atoms with Crippen LogP contribution in [-0.4, -0.2) is 22.7 Å². The van der Waals surface area contributed by atoms with Crippen LogP contribution in [0.25, 0.3) is 0 Å². The van der Waals surface area contributed by atoms with Crippen molar-refractivity contribution in [2.24, 2.45) is 40.4 Å². The molecule has 0 bridgehead atoms. The maximum Gasteiger partial charge on any atom is 0.449 e. The normalized spacial score (nSPS) is 47.0. The molecular weight excluding hydrogens is 389 g/mol. The fourth-order valence-corrected chi connectivity index (χ4v) is 8.33. The molecule has 0 aromatic rings. The van der Waals surface area contributed by atoms with E-state index < -0.39 is 17.6 Å². The Bertz CT molecular complexity index is 739. The number of carbonyl (C=O) groups excluding carboxylic acids is 1. The molecule has 2 nitrogen and oxygen atoms in total. The van der Waals surface area contributed by atoms with Crippen molar-refractivity contribution >= 4 is 5.78 Å². The van der Waals surface area contributed by atoms with Gasteiger partial charge in [-0.05, 0) is 98.7 Å². The van der Waals surface area contributed by atoms with Gasteiger partial charge in [-0.3, -0.25) is 4.79 Å². The van der Waals surface area contributed by atoms with Gasteiger partial charge in [0, 0.05) is 6.42 Å². The van der Waals surface area contributed by atoms with Crippen LogP contribution >= 0.6 is 0 Å². The minimum absolute atomic E-state index is 0.0360. The second-order valence-electron chi connectivity index (χ2n) is 11.8. The molecule has 0 radical (unpaired) electrons. The summed E-state index contributed by atoms with van der Waals surface area (Å²) in [5, 5.41) is 10.6. The SMILES string of the molecule is C[C@H](CC(=O)C(F)(F)F)[C@H]1CCC2C3CC=C4C[C@@](C)(O)CC[C@]4(C)C3CC[C@@]21C. The molecule has 0 aliphatic heterocycles. The van der Waals surface area contributed by atoms with Crippen LogP contribution in [-0.2, 0) is 4.79 Å². The molecule has 3 saturated carbocycles. The Kier molecular flexibility index (Phi) is 5.28. The van der Waals surface area contributed by atoms with Gasteiger partial charge in [-0.2, -0.15) is 13.2 Å². The molecule has 0 amide bonds. The summed E-state index contributed by atoms with van der Waals surface area (Å²) >= 11 is 0. The number of aliphatic hydroxyl groups is 1. The van der Waals surface area contributed by atoms with Crippen LogP contribution in [0, 0.1) is 40.4 Å². The van der Waals surface area contributed by atoms with Gasteiger partial charge in [0.05, 0.1) is 5.60 Å². The molecule has 3 fully saturated rings. The number of fused-ring (bicyclic) bond motifs is 5. The lowest BCUT2D eigenvalue weighted by atomic mass is 9.46. The van der Waals surface area contributed by atoms with Gasteiger partial charge in [0.1, 0.15) is 0 Å². The van der Waals surface area contributed by atoms with Gasteiger partial charge in [-0.1, -0.05) is 32.4 Å². The summed E-state index contributed by atoms with van der Waals surface area (Å²) in [5.74, 6) is 0.124. The number of halogens is 3. The molecule has 1 N–H and O–H groups in total. The van der Waals surface area contributed by atoms with Crippen LogP contribution in [0.5, 0.6) is 0 Å². The lowest BCUT2D eigenvalue weighted by Gasteiger charge is -2.59. The number of allylic oxidation sites excluding steroid dienone is 1. The van der Waals surface area contributed by atoms with Crippen LogP contribution in [0.3, 0.4) is 0 Å². The zero-order valence-electron chi connectivity index (χ0n) is 18.8. The molecular formula is C25H37F3O2. The Morgan fingerprint density at radius 1 is 1.13 bits per heavy atom. The maximum absolute atomic E-state index is 12.8. The largest absolute Gasteiger partial charge is 0.449 e. The minimum atomic E-state index is -4.72. The summed E-state index contributed by atoms with van der Waals surface area (Å²) in [6.07, 6.45) is 5.15. The molecule has 0 aromatic heterocycles. The van der Waals surface area contributed by atoms with Crippen LogP contribution in [0.2, 0.25) is 0 Å². The molecule has 3 unspecified atom stereocenters. The lowest BCUT2D eigenvalue weighted by Crippen LogP contribution is -2.52. The third-order valence-corrected chi connectivity index (χ3v) is 9.96. The predicted octanol–water partition coefficient (Wildman–Crippen LogP) is 6.47. The van der Waals surface area contributed by atoms with E-state index in [-0.39, 0.29) is 29.1 Å². The van der Waals surface area contributed by atoms with Gasteiger partial charge in [0.15, 0.2) is 0 Å². The van der Waals surface area contributed by atoms with Crippen molar-refractivity contribution < 1.29 is 23.1 Å². The molecule has 4 aliphatic rings. The average Bonchev–Trinajstić information content (AvgIpc) is 2.98. The van der Waals surface area contributed by atoms with E-state index >= 15 is 0 Å². The molecule has 4 aliphatic carbocycles. The maximum atomic E-state index is 12.8. The van der Waals surface area contributed by atoms with E-state index in [4.69, 9.17) is 0 Å². The molecule has 0 aromatic carbocycles. The van der Waals surface area contributed by atoms with Crippen molar-refractivity contribution in [2.45, 2.75) is 97.3 Å². The van der Waals surface area contributed by atoms with Crippen LogP contribution in [0.4, 0.5) is 13.2 Å². The Labute approximate surface area is 178 Å². The standard InChI is InChI=1S/C25H37F3O2/c1-15(13-21(29)25(26,27)28)18-7-8-19-17-6-5-16-14-22(2,30)11-12-23(16,3)20(17)9-10-24(18,19)4/h5,15,17-20,30H,6-14H2,1-4H3/t15-,17?,18-,19?,20?,22+,23+,24-/m1/s1. The summed E-state index contributed by atoms with van der Waals surface area (Å²) in [4.78, 5) is 11.6. The molecule has 5 heteroatoms. The third-order valence-electron chi connectivity index (χ3n) is 9.96. The van der Waals surface area contributed by atoms with Crippen molar-refractivity contribution in [2.75, 3.05) is 0 Å².